The van der Waals surface area contributed by atoms with Crippen LogP contribution in [-0.4, -0.2) is 23.7 Å². The van der Waals surface area contributed by atoms with Crippen LogP contribution in [0.3, 0.4) is 0 Å². The van der Waals surface area contributed by atoms with E-state index in [0.717, 1.165) is 6.54 Å². The first-order valence-electron chi connectivity index (χ1n) is 4.78. The lowest BCUT2D eigenvalue weighted by molar-refractivity contribution is -0.139. The minimum absolute atomic E-state index is 0.345. The number of aliphatic carboxylic acids is 1. The zero-order chi connectivity index (χ0) is 9.97. The number of hydrogen-bond donors (Lipinski definition) is 2. The van der Waals surface area contributed by atoms with Gasteiger partial charge in [0.1, 0.15) is 6.04 Å². The van der Waals surface area contributed by atoms with Crippen molar-refractivity contribution in [1.29, 1.82) is 0 Å². The van der Waals surface area contributed by atoms with Crippen LogP contribution in [0.15, 0.2) is 30.3 Å². The van der Waals surface area contributed by atoms with E-state index < -0.39 is 5.97 Å². The summed E-state index contributed by atoms with van der Waals surface area (Å²) in [6.45, 7) is 0.765. The average Bonchev–Trinajstić information content (AvgIpc) is 2.68. The second-order valence-electron chi connectivity index (χ2n) is 3.64. The van der Waals surface area contributed by atoms with Crippen LogP contribution in [0.4, 0.5) is 0 Å². The summed E-state index contributed by atoms with van der Waals surface area (Å²) >= 11 is 0. The van der Waals surface area contributed by atoms with Gasteiger partial charge in [0.15, 0.2) is 0 Å². The zero-order valence-electron chi connectivity index (χ0n) is 7.81. The monoisotopic (exact) mass is 191 g/mol. The van der Waals surface area contributed by atoms with Gasteiger partial charge in [0.2, 0.25) is 0 Å². The molecule has 0 amide bonds. The molecule has 3 heteroatoms. The molecule has 1 fully saturated rings. The summed E-state index contributed by atoms with van der Waals surface area (Å²) in [5, 5.41) is 11.8. The first-order valence-corrected chi connectivity index (χ1v) is 4.78. The summed E-state index contributed by atoms with van der Waals surface area (Å²) in [5.74, 6) is -0.402. The Morgan fingerprint density at radius 2 is 2.07 bits per heavy atom. The van der Waals surface area contributed by atoms with Gasteiger partial charge in [-0.15, -0.1) is 0 Å². The van der Waals surface area contributed by atoms with Crippen LogP contribution in [0.25, 0.3) is 0 Å². The summed E-state index contributed by atoms with van der Waals surface area (Å²) < 4.78 is 0. The minimum Gasteiger partial charge on any atom is -0.480 e. The predicted molar refractivity (Wildman–Crippen MR) is 53.2 cm³/mol. The van der Waals surface area contributed by atoms with Crippen molar-refractivity contribution in [2.45, 2.75) is 18.4 Å². The van der Waals surface area contributed by atoms with Gasteiger partial charge in [0.25, 0.3) is 0 Å². The smallest absolute Gasteiger partial charge is 0.320 e. The van der Waals surface area contributed by atoms with E-state index in [1.807, 2.05) is 18.2 Å². The molecular formula is C11H13NO2. The van der Waals surface area contributed by atoms with Crippen molar-refractivity contribution in [3.05, 3.63) is 35.9 Å². The first-order chi connectivity index (χ1) is 6.77. The highest BCUT2D eigenvalue weighted by molar-refractivity contribution is 5.74. The standard InChI is InChI=1S/C11H13NO2/c13-11(14)10-6-9(7-12-10)8-4-2-1-3-5-8/h1-5,9-10,12H,6-7H2,(H,13,14). The normalized spacial score (nSPS) is 26.3. The van der Waals surface area contributed by atoms with Crippen molar-refractivity contribution in [3.63, 3.8) is 0 Å². The Bertz CT molecular complexity index is 323. The maximum Gasteiger partial charge on any atom is 0.320 e. The van der Waals surface area contributed by atoms with E-state index in [4.69, 9.17) is 5.11 Å². The van der Waals surface area contributed by atoms with Crippen LogP contribution in [0, 0.1) is 0 Å². The van der Waals surface area contributed by atoms with Crippen LogP contribution < -0.4 is 5.32 Å². The predicted octanol–water partition coefficient (Wildman–Crippen LogP) is 1.22. The highest BCUT2D eigenvalue weighted by atomic mass is 16.4. The Morgan fingerprint density at radius 1 is 1.36 bits per heavy atom. The van der Waals surface area contributed by atoms with E-state index >= 15 is 0 Å². The van der Waals surface area contributed by atoms with Gasteiger partial charge in [0, 0.05) is 6.54 Å². The summed E-state index contributed by atoms with van der Waals surface area (Å²) in [7, 11) is 0. The van der Waals surface area contributed by atoms with Gasteiger partial charge in [-0.25, -0.2) is 0 Å². The molecule has 2 rings (SSSR count). The van der Waals surface area contributed by atoms with E-state index in [0.29, 0.717) is 12.3 Å². The number of nitrogens with one attached hydrogen (secondary N) is 1. The SMILES string of the molecule is O=C(O)C1CC(c2ccccc2)CN1. The van der Waals surface area contributed by atoms with Crippen LogP contribution in [0.5, 0.6) is 0 Å². The van der Waals surface area contributed by atoms with Crippen LogP contribution >= 0.6 is 0 Å². The van der Waals surface area contributed by atoms with Crippen LogP contribution in [0.1, 0.15) is 17.9 Å². The molecule has 1 heterocycles. The molecule has 1 aliphatic rings. The van der Waals surface area contributed by atoms with Crippen molar-refractivity contribution in [2.75, 3.05) is 6.54 Å². The van der Waals surface area contributed by atoms with Crippen LogP contribution in [-0.2, 0) is 4.79 Å². The van der Waals surface area contributed by atoms with Crippen molar-refractivity contribution < 1.29 is 9.90 Å². The highest BCUT2D eigenvalue weighted by Crippen LogP contribution is 2.25. The lowest BCUT2D eigenvalue weighted by Gasteiger charge is -2.07. The number of carbonyl (C=O) groups is 1. The Kier molecular flexibility index (Phi) is 2.50. The lowest BCUT2D eigenvalue weighted by atomic mass is 9.96. The number of carboxylic acids is 1. The summed E-state index contributed by atoms with van der Waals surface area (Å²) in [6.07, 6.45) is 0.694. The second kappa shape index (κ2) is 3.80. The Labute approximate surface area is 82.8 Å². The topological polar surface area (TPSA) is 49.3 Å². The van der Waals surface area contributed by atoms with E-state index in [1.54, 1.807) is 0 Å². The van der Waals surface area contributed by atoms with Crippen molar-refractivity contribution >= 4 is 5.97 Å². The molecule has 0 aliphatic carbocycles. The van der Waals surface area contributed by atoms with E-state index in [-0.39, 0.29) is 6.04 Å². The van der Waals surface area contributed by atoms with Gasteiger partial charge in [0.05, 0.1) is 0 Å². The summed E-state index contributed by atoms with van der Waals surface area (Å²) in [6, 6.07) is 9.68. The molecule has 2 atom stereocenters. The fourth-order valence-electron chi connectivity index (χ4n) is 1.90. The van der Waals surface area contributed by atoms with E-state index in [1.165, 1.54) is 5.56 Å². The molecule has 1 saturated heterocycles. The largest absolute Gasteiger partial charge is 0.480 e. The minimum atomic E-state index is -0.747. The van der Waals surface area contributed by atoms with E-state index in [2.05, 4.69) is 17.4 Å². The highest BCUT2D eigenvalue weighted by Gasteiger charge is 2.29. The third-order valence-electron chi connectivity index (χ3n) is 2.70. The van der Waals surface area contributed by atoms with E-state index in [9.17, 15) is 4.79 Å². The molecular weight excluding hydrogens is 178 g/mol. The molecule has 14 heavy (non-hydrogen) atoms. The number of rotatable bonds is 2. The third kappa shape index (κ3) is 1.77. The Morgan fingerprint density at radius 3 is 2.64 bits per heavy atom. The molecule has 0 bridgehead atoms. The van der Waals surface area contributed by atoms with Crippen molar-refractivity contribution in [1.82, 2.24) is 5.32 Å². The van der Waals surface area contributed by atoms with Gasteiger partial charge in [-0.2, -0.15) is 0 Å². The lowest BCUT2D eigenvalue weighted by Crippen LogP contribution is -2.29. The molecule has 3 nitrogen and oxygen atoms in total. The molecule has 0 spiro atoms. The molecule has 0 radical (unpaired) electrons. The quantitative estimate of drug-likeness (QED) is 0.738. The Hall–Kier alpha value is -1.35. The number of hydrogen-bond acceptors (Lipinski definition) is 2. The zero-order valence-corrected chi connectivity index (χ0v) is 7.81. The van der Waals surface area contributed by atoms with Crippen molar-refractivity contribution in [2.24, 2.45) is 0 Å². The fourth-order valence-corrected chi connectivity index (χ4v) is 1.90. The summed E-state index contributed by atoms with van der Waals surface area (Å²) in [5.41, 5.74) is 1.23. The maximum absolute atomic E-state index is 10.7. The molecule has 0 aromatic heterocycles. The van der Waals surface area contributed by atoms with Crippen molar-refractivity contribution in [3.8, 4) is 0 Å². The molecule has 2 unspecified atom stereocenters. The molecule has 74 valence electrons. The fraction of sp³-hybridized carbons (Fsp3) is 0.364. The van der Waals surface area contributed by atoms with Gasteiger partial charge in [-0.3, -0.25) is 4.79 Å². The molecule has 2 N–H and O–H groups in total. The van der Waals surface area contributed by atoms with Gasteiger partial charge < -0.3 is 10.4 Å². The molecule has 1 aromatic rings. The molecule has 0 saturated carbocycles. The Balaban J connectivity index is 2.06. The molecule has 1 aliphatic heterocycles. The maximum atomic E-state index is 10.7. The molecule has 1 aromatic carbocycles. The summed E-state index contributed by atoms with van der Waals surface area (Å²) in [4.78, 5) is 10.7. The van der Waals surface area contributed by atoms with Gasteiger partial charge in [-0.05, 0) is 17.9 Å². The van der Waals surface area contributed by atoms with Crippen LogP contribution in [0.2, 0.25) is 0 Å². The second-order valence-corrected chi connectivity index (χ2v) is 3.64. The van der Waals surface area contributed by atoms with Gasteiger partial charge >= 0.3 is 5.97 Å². The van der Waals surface area contributed by atoms with Gasteiger partial charge in [-0.1, -0.05) is 30.3 Å². The third-order valence-corrected chi connectivity index (χ3v) is 2.70. The number of benzene rings is 1. The number of carboxylic acid groups (broad SMARTS) is 1. The average molecular weight is 191 g/mol. The first kappa shape index (κ1) is 9.21.